The molecule has 1 aliphatic rings. The van der Waals surface area contributed by atoms with E-state index < -0.39 is 0 Å². The fourth-order valence-corrected chi connectivity index (χ4v) is 3.10. The van der Waals surface area contributed by atoms with Crippen LogP contribution in [0.15, 0.2) is 30.3 Å². The number of Topliss-reactive ketones (excluding diaryl/α,β-unsaturated/α-hetero) is 1. The summed E-state index contributed by atoms with van der Waals surface area (Å²) in [6.07, 6.45) is 4.40. The molecule has 0 radical (unpaired) electrons. The number of nitrogens with zero attached hydrogens (tertiary/aromatic N) is 1. The minimum atomic E-state index is -0.147. The van der Waals surface area contributed by atoms with E-state index in [0.717, 1.165) is 35.0 Å². The Morgan fingerprint density at radius 3 is 2.63 bits per heavy atom. The molecular weight excluding hydrogens is 234 g/mol. The van der Waals surface area contributed by atoms with Gasteiger partial charge in [-0.3, -0.25) is 9.78 Å². The maximum Gasteiger partial charge on any atom is 0.168 e. The lowest BCUT2D eigenvalue weighted by Crippen LogP contribution is -2.24. The lowest BCUT2D eigenvalue weighted by molar-refractivity contribution is 0.0823. The van der Waals surface area contributed by atoms with Gasteiger partial charge in [0.1, 0.15) is 0 Å². The molecule has 0 aliphatic heterocycles. The summed E-state index contributed by atoms with van der Waals surface area (Å²) in [7, 11) is 0. The number of carbonyl (C=O) groups is 1. The molecule has 19 heavy (non-hydrogen) atoms. The highest BCUT2D eigenvalue weighted by molar-refractivity contribution is 6.03. The van der Waals surface area contributed by atoms with Gasteiger partial charge in [-0.1, -0.05) is 25.8 Å². The summed E-state index contributed by atoms with van der Waals surface area (Å²) in [6.45, 7) is 4.10. The number of hydrogen-bond donors (Lipinski definition) is 0. The average molecular weight is 253 g/mol. The van der Waals surface area contributed by atoms with E-state index in [0.29, 0.717) is 5.78 Å². The van der Waals surface area contributed by atoms with E-state index in [1.807, 2.05) is 37.3 Å². The minimum absolute atomic E-state index is 0.147. The van der Waals surface area contributed by atoms with Crippen molar-refractivity contribution in [1.82, 2.24) is 4.98 Å². The second kappa shape index (κ2) is 4.44. The van der Waals surface area contributed by atoms with Crippen molar-refractivity contribution in [2.45, 2.75) is 39.5 Å². The van der Waals surface area contributed by atoms with Gasteiger partial charge in [-0.25, -0.2) is 0 Å². The van der Waals surface area contributed by atoms with Gasteiger partial charge in [0.2, 0.25) is 0 Å². The highest BCUT2D eigenvalue weighted by Crippen LogP contribution is 2.40. The first kappa shape index (κ1) is 12.3. The number of benzene rings is 1. The van der Waals surface area contributed by atoms with E-state index in [2.05, 4.69) is 11.9 Å². The molecule has 1 fully saturated rings. The number of aryl methyl sites for hydroxylation is 1. The zero-order valence-electron chi connectivity index (χ0n) is 11.6. The molecule has 1 heterocycles. The number of fused-ring (bicyclic) bond motifs is 1. The molecule has 0 amide bonds. The molecule has 3 rings (SSSR count). The predicted molar refractivity (Wildman–Crippen MR) is 77.4 cm³/mol. The van der Waals surface area contributed by atoms with Crippen molar-refractivity contribution in [2.24, 2.45) is 5.41 Å². The monoisotopic (exact) mass is 253 g/mol. The SMILES string of the molecule is Cc1ccc2cc(C(=O)C3(C)CCCC3)ccc2n1. The van der Waals surface area contributed by atoms with Gasteiger partial charge in [-0.15, -0.1) is 0 Å². The van der Waals surface area contributed by atoms with Crippen molar-refractivity contribution in [3.63, 3.8) is 0 Å². The second-order valence-electron chi connectivity index (χ2n) is 5.96. The van der Waals surface area contributed by atoms with Crippen LogP contribution in [0.4, 0.5) is 0 Å². The van der Waals surface area contributed by atoms with Crippen LogP contribution in [-0.2, 0) is 0 Å². The van der Waals surface area contributed by atoms with E-state index in [4.69, 9.17) is 0 Å². The highest BCUT2D eigenvalue weighted by Gasteiger charge is 2.36. The molecule has 0 N–H and O–H groups in total. The van der Waals surface area contributed by atoms with Crippen LogP contribution in [0.1, 0.15) is 48.7 Å². The van der Waals surface area contributed by atoms with Crippen molar-refractivity contribution in [1.29, 1.82) is 0 Å². The van der Waals surface area contributed by atoms with Gasteiger partial charge >= 0.3 is 0 Å². The molecule has 0 unspecified atom stereocenters. The van der Waals surface area contributed by atoms with Crippen LogP contribution >= 0.6 is 0 Å². The maximum atomic E-state index is 12.7. The minimum Gasteiger partial charge on any atom is -0.294 e. The van der Waals surface area contributed by atoms with Crippen LogP contribution in [0, 0.1) is 12.3 Å². The van der Waals surface area contributed by atoms with Crippen LogP contribution in [0.5, 0.6) is 0 Å². The smallest absolute Gasteiger partial charge is 0.168 e. The highest BCUT2D eigenvalue weighted by atomic mass is 16.1. The normalized spacial score (nSPS) is 17.8. The van der Waals surface area contributed by atoms with Crippen molar-refractivity contribution < 1.29 is 4.79 Å². The Balaban J connectivity index is 2.01. The third-order valence-electron chi connectivity index (χ3n) is 4.35. The Kier molecular flexibility index (Phi) is 2.89. The molecule has 1 aromatic carbocycles. The molecule has 0 spiro atoms. The molecule has 0 bridgehead atoms. The third kappa shape index (κ3) is 2.16. The molecule has 98 valence electrons. The van der Waals surface area contributed by atoms with E-state index in [9.17, 15) is 4.79 Å². The zero-order chi connectivity index (χ0) is 13.5. The second-order valence-corrected chi connectivity index (χ2v) is 5.96. The van der Waals surface area contributed by atoms with E-state index in [1.54, 1.807) is 0 Å². The van der Waals surface area contributed by atoms with Crippen molar-refractivity contribution in [3.8, 4) is 0 Å². The Morgan fingerprint density at radius 1 is 1.16 bits per heavy atom. The molecule has 1 aliphatic carbocycles. The molecule has 2 nitrogen and oxygen atoms in total. The van der Waals surface area contributed by atoms with E-state index in [-0.39, 0.29) is 5.41 Å². The van der Waals surface area contributed by atoms with E-state index in [1.165, 1.54) is 12.8 Å². The summed E-state index contributed by atoms with van der Waals surface area (Å²) in [5, 5.41) is 1.05. The van der Waals surface area contributed by atoms with Crippen molar-refractivity contribution in [2.75, 3.05) is 0 Å². The quantitative estimate of drug-likeness (QED) is 0.747. The van der Waals surface area contributed by atoms with Crippen molar-refractivity contribution in [3.05, 3.63) is 41.6 Å². The third-order valence-corrected chi connectivity index (χ3v) is 4.35. The first-order chi connectivity index (χ1) is 9.08. The van der Waals surface area contributed by atoms with Gasteiger partial charge in [0.15, 0.2) is 5.78 Å². The molecule has 1 saturated carbocycles. The number of carbonyl (C=O) groups excluding carboxylic acids is 1. The Hall–Kier alpha value is -1.70. The van der Waals surface area contributed by atoms with Gasteiger partial charge in [0, 0.05) is 22.1 Å². The molecule has 0 saturated heterocycles. The van der Waals surface area contributed by atoms with Gasteiger partial charge in [0.05, 0.1) is 5.52 Å². The van der Waals surface area contributed by atoms with Gasteiger partial charge in [-0.05, 0) is 44.0 Å². The van der Waals surface area contributed by atoms with Crippen molar-refractivity contribution >= 4 is 16.7 Å². The standard InChI is InChI=1S/C17H19NO/c1-12-5-6-13-11-14(7-8-15(13)18-12)16(19)17(2)9-3-4-10-17/h5-8,11H,3-4,9-10H2,1-2H3. The summed E-state index contributed by atoms with van der Waals surface area (Å²) in [6, 6.07) is 9.93. The Bertz CT molecular complexity index is 639. The summed E-state index contributed by atoms with van der Waals surface area (Å²) in [4.78, 5) is 17.1. The zero-order valence-corrected chi connectivity index (χ0v) is 11.6. The number of aromatic nitrogens is 1. The summed E-state index contributed by atoms with van der Waals surface area (Å²) in [5.74, 6) is 0.299. The van der Waals surface area contributed by atoms with Crippen LogP contribution in [-0.4, -0.2) is 10.8 Å². The van der Waals surface area contributed by atoms with Crippen LogP contribution in [0.2, 0.25) is 0 Å². The first-order valence-corrected chi connectivity index (χ1v) is 7.01. The number of rotatable bonds is 2. The first-order valence-electron chi connectivity index (χ1n) is 7.01. The number of hydrogen-bond acceptors (Lipinski definition) is 2. The summed E-state index contributed by atoms with van der Waals surface area (Å²) in [5.41, 5.74) is 2.66. The molecule has 0 atom stereocenters. The van der Waals surface area contributed by atoms with Gasteiger partial charge in [-0.2, -0.15) is 0 Å². The largest absolute Gasteiger partial charge is 0.294 e. The summed E-state index contributed by atoms with van der Waals surface area (Å²) >= 11 is 0. The van der Waals surface area contributed by atoms with Gasteiger partial charge in [0.25, 0.3) is 0 Å². The van der Waals surface area contributed by atoms with Crippen LogP contribution < -0.4 is 0 Å². The topological polar surface area (TPSA) is 30.0 Å². The number of ketones is 1. The summed E-state index contributed by atoms with van der Waals surface area (Å²) < 4.78 is 0. The molecule has 2 aromatic rings. The lowest BCUT2D eigenvalue weighted by atomic mass is 9.80. The molecular formula is C17H19NO. The average Bonchev–Trinajstić information content (AvgIpc) is 2.85. The van der Waals surface area contributed by atoms with Crippen LogP contribution in [0.25, 0.3) is 10.9 Å². The maximum absolute atomic E-state index is 12.7. The Morgan fingerprint density at radius 2 is 1.89 bits per heavy atom. The van der Waals surface area contributed by atoms with Crippen LogP contribution in [0.3, 0.4) is 0 Å². The van der Waals surface area contributed by atoms with E-state index >= 15 is 0 Å². The molecule has 2 heteroatoms. The fourth-order valence-electron chi connectivity index (χ4n) is 3.10. The molecule has 1 aromatic heterocycles. The lowest BCUT2D eigenvalue weighted by Gasteiger charge is -2.21. The predicted octanol–water partition coefficient (Wildman–Crippen LogP) is 4.31. The van der Waals surface area contributed by atoms with Gasteiger partial charge < -0.3 is 0 Å². The fraction of sp³-hybridized carbons (Fsp3) is 0.412. The Labute approximate surface area is 113 Å². The number of pyridine rings is 1.